The molecule has 0 aromatic heterocycles. The highest BCUT2D eigenvalue weighted by molar-refractivity contribution is 5.34. The van der Waals surface area contributed by atoms with E-state index in [0.717, 1.165) is 32.8 Å². The van der Waals surface area contributed by atoms with Crippen LogP contribution in [0.2, 0.25) is 0 Å². The molecule has 0 spiro atoms. The maximum Gasteiger partial charge on any atom is 0.0594 e. The second-order valence-electron chi connectivity index (χ2n) is 5.49. The molecule has 1 aliphatic heterocycles. The minimum absolute atomic E-state index is 0.480. The predicted molar refractivity (Wildman–Crippen MR) is 77.4 cm³/mol. The van der Waals surface area contributed by atoms with Crippen LogP contribution in [0.1, 0.15) is 30.5 Å². The van der Waals surface area contributed by atoms with Gasteiger partial charge in [-0.3, -0.25) is 4.90 Å². The Kier molecular flexibility index (Phi) is 4.16. The van der Waals surface area contributed by atoms with E-state index in [1.165, 1.54) is 24.0 Å². The first kappa shape index (κ1) is 13.1. The van der Waals surface area contributed by atoms with E-state index in [9.17, 15) is 0 Å². The molecule has 0 bridgehead atoms. The number of nitrogens with zero attached hydrogens (tertiary/aromatic N) is 1. The van der Waals surface area contributed by atoms with E-state index in [-0.39, 0.29) is 0 Å². The number of nitrogens with one attached hydrogen (secondary N) is 1. The molecule has 3 heteroatoms. The van der Waals surface area contributed by atoms with Gasteiger partial charge in [-0.05, 0) is 30.5 Å². The molecule has 1 saturated heterocycles. The van der Waals surface area contributed by atoms with Crippen LogP contribution in [0.15, 0.2) is 24.3 Å². The van der Waals surface area contributed by atoms with Crippen LogP contribution in [0.25, 0.3) is 0 Å². The van der Waals surface area contributed by atoms with Gasteiger partial charge in [-0.2, -0.15) is 0 Å². The van der Waals surface area contributed by atoms with Crippen molar-refractivity contribution >= 4 is 0 Å². The first-order chi connectivity index (χ1) is 9.40. The van der Waals surface area contributed by atoms with Gasteiger partial charge in [0.1, 0.15) is 0 Å². The van der Waals surface area contributed by atoms with Crippen molar-refractivity contribution in [2.45, 2.75) is 31.8 Å². The molecule has 1 aromatic rings. The Morgan fingerprint density at radius 2 is 2.05 bits per heavy atom. The highest BCUT2D eigenvalue weighted by Gasteiger charge is 2.33. The Balaban J connectivity index is 1.84. The first-order valence-electron chi connectivity index (χ1n) is 7.53. The van der Waals surface area contributed by atoms with E-state index >= 15 is 0 Å². The Hall–Kier alpha value is -0.900. The fraction of sp³-hybridized carbons (Fsp3) is 0.625. The number of fused-ring (bicyclic) bond motifs is 1. The Morgan fingerprint density at radius 1 is 1.26 bits per heavy atom. The fourth-order valence-corrected chi connectivity index (χ4v) is 3.51. The normalized spacial score (nSPS) is 28.1. The Morgan fingerprint density at radius 3 is 2.84 bits per heavy atom. The number of ether oxygens (including phenoxy) is 1. The summed E-state index contributed by atoms with van der Waals surface area (Å²) in [5.74, 6) is 0. The van der Waals surface area contributed by atoms with Crippen molar-refractivity contribution in [3.05, 3.63) is 35.4 Å². The largest absolute Gasteiger partial charge is 0.379 e. The summed E-state index contributed by atoms with van der Waals surface area (Å²) in [6.07, 6.45) is 2.47. The molecule has 1 fully saturated rings. The fourth-order valence-electron chi connectivity index (χ4n) is 3.51. The number of likely N-dealkylation sites (N-methyl/N-ethyl adjacent to an activating group) is 1. The molecule has 1 heterocycles. The summed E-state index contributed by atoms with van der Waals surface area (Å²) >= 11 is 0. The standard InChI is InChI=1S/C16H24N2O/c1-2-17-16-14-6-4-3-5-13(14)7-8-15(16)18-9-11-19-12-10-18/h3-6,15-17H,2,7-12H2,1H3. The van der Waals surface area contributed by atoms with Crippen LogP contribution in [0.4, 0.5) is 0 Å². The second kappa shape index (κ2) is 6.04. The Bertz CT molecular complexity index is 415. The zero-order valence-corrected chi connectivity index (χ0v) is 11.8. The van der Waals surface area contributed by atoms with E-state index in [1.54, 1.807) is 0 Å². The SMILES string of the molecule is CCNC1c2ccccc2CCC1N1CCOCC1. The van der Waals surface area contributed by atoms with Crippen molar-refractivity contribution < 1.29 is 4.74 Å². The summed E-state index contributed by atoms with van der Waals surface area (Å²) in [7, 11) is 0. The van der Waals surface area contributed by atoms with Crippen LogP contribution in [0.5, 0.6) is 0 Å². The van der Waals surface area contributed by atoms with E-state index in [0.29, 0.717) is 12.1 Å². The monoisotopic (exact) mass is 260 g/mol. The summed E-state index contributed by atoms with van der Waals surface area (Å²) in [5.41, 5.74) is 3.03. The number of benzene rings is 1. The lowest BCUT2D eigenvalue weighted by Gasteiger charge is -2.42. The molecule has 1 N–H and O–H groups in total. The summed E-state index contributed by atoms with van der Waals surface area (Å²) in [5, 5.41) is 3.71. The van der Waals surface area contributed by atoms with E-state index in [1.807, 2.05) is 0 Å². The molecule has 2 atom stereocenters. The van der Waals surface area contributed by atoms with Gasteiger partial charge in [-0.15, -0.1) is 0 Å². The quantitative estimate of drug-likeness (QED) is 0.899. The van der Waals surface area contributed by atoms with Crippen molar-refractivity contribution in [1.29, 1.82) is 0 Å². The molecule has 104 valence electrons. The molecule has 0 radical (unpaired) electrons. The molecular formula is C16H24N2O. The highest BCUT2D eigenvalue weighted by atomic mass is 16.5. The van der Waals surface area contributed by atoms with Crippen LogP contribution in [0, 0.1) is 0 Å². The molecule has 1 aromatic carbocycles. The highest BCUT2D eigenvalue weighted by Crippen LogP contribution is 2.33. The summed E-state index contributed by atoms with van der Waals surface area (Å²) in [6.45, 7) is 7.16. The lowest BCUT2D eigenvalue weighted by Crippen LogP contribution is -2.51. The average molecular weight is 260 g/mol. The summed E-state index contributed by atoms with van der Waals surface area (Å²) < 4.78 is 5.49. The number of morpholine rings is 1. The van der Waals surface area contributed by atoms with Crippen molar-refractivity contribution in [2.75, 3.05) is 32.8 Å². The lowest BCUT2D eigenvalue weighted by atomic mass is 9.83. The Labute approximate surface area is 115 Å². The minimum atomic E-state index is 0.480. The van der Waals surface area contributed by atoms with Crippen LogP contribution >= 0.6 is 0 Å². The third-order valence-electron chi connectivity index (χ3n) is 4.42. The number of aryl methyl sites for hydroxylation is 1. The summed E-state index contributed by atoms with van der Waals surface area (Å²) in [6, 6.07) is 10.0. The van der Waals surface area contributed by atoms with Crippen LogP contribution in [0.3, 0.4) is 0 Å². The average Bonchev–Trinajstić information content (AvgIpc) is 2.49. The van der Waals surface area contributed by atoms with E-state index in [4.69, 9.17) is 4.74 Å². The molecule has 3 nitrogen and oxygen atoms in total. The number of hydrogen-bond acceptors (Lipinski definition) is 3. The topological polar surface area (TPSA) is 24.5 Å². The predicted octanol–water partition coefficient (Wildman–Crippen LogP) is 1.98. The van der Waals surface area contributed by atoms with E-state index in [2.05, 4.69) is 41.4 Å². The molecule has 2 unspecified atom stereocenters. The third-order valence-corrected chi connectivity index (χ3v) is 4.42. The number of rotatable bonds is 3. The van der Waals surface area contributed by atoms with Gasteiger partial charge < -0.3 is 10.1 Å². The van der Waals surface area contributed by atoms with Gasteiger partial charge in [0, 0.05) is 25.2 Å². The van der Waals surface area contributed by atoms with Gasteiger partial charge >= 0.3 is 0 Å². The molecule has 2 aliphatic rings. The maximum atomic E-state index is 5.49. The molecule has 0 amide bonds. The van der Waals surface area contributed by atoms with Crippen molar-refractivity contribution in [3.8, 4) is 0 Å². The zero-order valence-electron chi connectivity index (χ0n) is 11.8. The van der Waals surface area contributed by atoms with Crippen LogP contribution < -0.4 is 5.32 Å². The zero-order chi connectivity index (χ0) is 13.1. The van der Waals surface area contributed by atoms with Crippen molar-refractivity contribution in [3.63, 3.8) is 0 Å². The van der Waals surface area contributed by atoms with Gasteiger partial charge in [0.25, 0.3) is 0 Å². The van der Waals surface area contributed by atoms with Crippen LogP contribution in [-0.4, -0.2) is 43.8 Å². The van der Waals surface area contributed by atoms with Gasteiger partial charge in [-0.1, -0.05) is 31.2 Å². The molecule has 19 heavy (non-hydrogen) atoms. The van der Waals surface area contributed by atoms with Gasteiger partial charge in [0.15, 0.2) is 0 Å². The molecule has 1 aliphatic carbocycles. The van der Waals surface area contributed by atoms with Crippen molar-refractivity contribution in [2.24, 2.45) is 0 Å². The second-order valence-corrected chi connectivity index (χ2v) is 5.49. The van der Waals surface area contributed by atoms with Crippen molar-refractivity contribution in [1.82, 2.24) is 10.2 Å². The maximum absolute atomic E-state index is 5.49. The summed E-state index contributed by atoms with van der Waals surface area (Å²) in [4.78, 5) is 2.62. The van der Waals surface area contributed by atoms with E-state index < -0.39 is 0 Å². The lowest BCUT2D eigenvalue weighted by molar-refractivity contribution is 0.00397. The van der Waals surface area contributed by atoms with Gasteiger partial charge in [-0.25, -0.2) is 0 Å². The minimum Gasteiger partial charge on any atom is -0.379 e. The first-order valence-corrected chi connectivity index (χ1v) is 7.53. The number of hydrogen-bond donors (Lipinski definition) is 1. The van der Waals surface area contributed by atoms with Crippen LogP contribution in [-0.2, 0) is 11.2 Å². The van der Waals surface area contributed by atoms with Gasteiger partial charge in [0.2, 0.25) is 0 Å². The smallest absolute Gasteiger partial charge is 0.0594 e. The third kappa shape index (κ3) is 2.69. The molecule has 3 rings (SSSR count). The molecular weight excluding hydrogens is 236 g/mol. The van der Waals surface area contributed by atoms with Gasteiger partial charge in [0.05, 0.1) is 13.2 Å². The molecule has 0 saturated carbocycles.